The molecule has 1 aliphatic rings. The minimum absolute atomic E-state index is 0.0160. The summed E-state index contributed by atoms with van der Waals surface area (Å²) in [4.78, 5) is 36.3. The van der Waals surface area contributed by atoms with Crippen molar-refractivity contribution in [3.63, 3.8) is 0 Å². The predicted molar refractivity (Wildman–Crippen MR) is 96.3 cm³/mol. The van der Waals surface area contributed by atoms with Crippen LogP contribution in [0.5, 0.6) is 0 Å². The fourth-order valence-corrected chi connectivity index (χ4v) is 3.21. The average molecular weight is 364 g/mol. The van der Waals surface area contributed by atoms with Gasteiger partial charge in [-0.2, -0.15) is 0 Å². The maximum atomic E-state index is 12.4. The average Bonchev–Trinajstić information content (AvgIpc) is 2.77. The number of rotatable bonds is 6. The number of aryl methyl sites for hydroxylation is 1. The summed E-state index contributed by atoms with van der Waals surface area (Å²) in [6.45, 7) is 1.78. The standard InChI is InChI=1S/C16H16N2O4S2/c1-10-2-4-11(5-3-10)8-12-15(22)18(16(23)24-12)9-13(19)17-7-6-14(20)21/h2-5,8H,6-7,9H2,1H3,(H,17,19)(H,20,21)/b12-8-. The third kappa shape index (κ3) is 4.90. The monoisotopic (exact) mass is 364 g/mol. The molecule has 2 amide bonds. The van der Waals surface area contributed by atoms with Crippen molar-refractivity contribution in [2.45, 2.75) is 13.3 Å². The number of carboxylic acid groups (broad SMARTS) is 1. The molecule has 24 heavy (non-hydrogen) atoms. The van der Waals surface area contributed by atoms with Gasteiger partial charge in [-0.25, -0.2) is 0 Å². The molecule has 1 heterocycles. The van der Waals surface area contributed by atoms with Gasteiger partial charge in [-0.1, -0.05) is 53.8 Å². The van der Waals surface area contributed by atoms with Gasteiger partial charge in [0, 0.05) is 6.54 Å². The lowest BCUT2D eigenvalue weighted by Crippen LogP contribution is -2.40. The van der Waals surface area contributed by atoms with Gasteiger partial charge in [0.1, 0.15) is 10.9 Å². The zero-order valence-corrected chi connectivity index (χ0v) is 14.6. The maximum Gasteiger partial charge on any atom is 0.305 e. The maximum absolute atomic E-state index is 12.4. The number of carboxylic acids is 1. The normalized spacial score (nSPS) is 15.9. The number of carbonyl (C=O) groups is 3. The second-order valence-electron chi connectivity index (χ2n) is 5.17. The van der Waals surface area contributed by atoms with Crippen LogP contribution in [-0.4, -0.2) is 45.2 Å². The van der Waals surface area contributed by atoms with E-state index in [2.05, 4.69) is 5.32 Å². The smallest absolute Gasteiger partial charge is 0.305 e. The molecule has 2 rings (SSSR count). The molecule has 0 spiro atoms. The zero-order chi connectivity index (χ0) is 17.7. The molecule has 0 aliphatic carbocycles. The number of aliphatic carboxylic acids is 1. The van der Waals surface area contributed by atoms with Gasteiger partial charge in [0.15, 0.2) is 0 Å². The van der Waals surface area contributed by atoms with Crippen LogP contribution in [0.3, 0.4) is 0 Å². The fraction of sp³-hybridized carbons (Fsp3) is 0.250. The summed E-state index contributed by atoms with van der Waals surface area (Å²) < 4.78 is 0.312. The van der Waals surface area contributed by atoms with Gasteiger partial charge >= 0.3 is 5.97 Å². The molecule has 0 bridgehead atoms. The Hall–Kier alpha value is -2.19. The Morgan fingerprint density at radius 2 is 2.00 bits per heavy atom. The van der Waals surface area contributed by atoms with E-state index in [1.165, 1.54) is 4.90 Å². The minimum Gasteiger partial charge on any atom is -0.481 e. The van der Waals surface area contributed by atoms with Gasteiger partial charge in [0.05, 0.1) is 11.3 Å². The van der Waals surface area contributed by atoms with Gasteiger partial charge < -0.3 is 10.4 Å². The second-order valence-corrected chi connectivity index (χ2v) is 6.85. The Labute approximate surface area is 148 Å². The van der Waals surface area contributed by atoms with Crippen molar-refractivity contribution < 1.29 is 19.5 Å². The topological polar surface area (TPSA) is 86.7 Å². The van der Waals surface area contributed by atoms with Crippen LogP contribution in [0.1, 0.15) is 17.5 Å². The van der Waals surface area contributed by atoms with Crippen LogP contribution in [0, 0.1) is 6.92 Å². The molecule has 1 aromatic carbocycles. The van der Waals surface area contributed by atoms with E-state index < -0.39 is 11.9 Å². The molecule has 2 N–H and O–H groups in total. The number of hydrogen-bond donors (Lipinski definition) is 2. The van der Waals surface area contributed by atoms with Crippen LogP contribution in [0.15, 0.2) is 29.2 Å². The molecule has 6 nitrogen and oxygen atoms in total. The Bertz CT molecular complexity index is 713. The number of nitrogens with zero attached hydrogens (tertiary/aromatic N) is 1. The molecule has 0 aromatic heterocycles. The van der Waals surface area contributed by atoms with Gasteiger partial charge in [0.25, 0.3) is 5.91 Å². The number of amides is 2. The molecular weight excluding hydrogens is 348 g/mol. The highest BCUT2D eigenvalue weighted by molar-refractivity contribution is 8.26. The molecule has 0 saturated carbocycles. The lowest BCUT2D eigenvalue weighted by Gasteiger charge is -2.13. The van der Waals surface area contributed by atoms with Crippen molar-refractivity contribution in [1.82, 2.24) is 10.2 Å². The lowest BCUT2D eigenvalue weighted by atomic mass is 10.1. The summed E-state index contributed by atoms with van der Waals surface area (Å²) >= 11 is 6.30. The van der Waals surface area contributed by atoms with Crippen LogP contribution in [0.25, 0.3) is 6.08 Å². The lowest BCUT2D eigenvalue weighted by molar-refractivity contribution is -0.137. The van der Waals surface area contributed by atoms with Crippen LogP contribution in [0.2, 0.25) is 0 Å². The SMILES string of the molecule is Cc1ccc(/C=C2\SC(=S)N(CC(=O)NCCC(=O)O)C2=O)cc1. The Kier molecular flexibility index (Phi) is 6.10. The van der Waals surface area contributed by atoms with Gasteiger partial charge in [0.2, 0.25) is 5.91 Å². The molecule has 126 valence electrons. The molecule has 1 aliphatic heterocycles. The summed E-state index contributed by atoms with van der Waals surface area (Å²) in [6, 6.07) is 7.70. The highest BCUT2D eigenvalue weighted by Crippen LogP contribution is 2.32. The van der Waals surface area contributed by atoms with Crippen LogP contribution in [-0.2, 0) is 14.4 Å². The van der Waals surface area contributed by atoms with Gasteiger partial charge in [-0.3, -0.25) is 19.3 Å². The van der Waals surface area contributed by atoms with Crippen LogP contribution >= 0.6 is 24.0 Å². The summed E-state index contributed by atoms with van der Waals surface area (Å²) in [5.41, 5.74) is 2.00. The predicted octanol–water partition coefficient (Wildman–Crippen LogP) is 1.79. The second kappa shape index (κ2) is 8.07. The van der Waals surface area contributed by atoms with Crippen molar-refractivity contribution in [2.75, 3.05) is 13.1 Å². The number of hydrogen-bond acceptors (Lipinski definition) is 5. The van der Waals surface area contributed by atoms with Gasteiger partial charge in [-0.15, -0.1) is 0 Å². The largest absolute Gasteiger partial charge is 0.481 e. The van der Waals surface area contributed by atoms with Crippen LogP contribution in [0.4, 0.5) is 0 Å². The summed E-state index contributed by atoms with van der Waals surface area (Å²) in [5, 5.41) is 11.0. The first-order valence-corrected chi connectivity index (χ1v) is 8.40. The molecule has 1 aromatic rings. The van der Waals surface area contributed by atoms with Crippen molar-refractivity contribution in [3.8, 4) is 0 Å². The minimum atomic E-state index is -0.998. The number of benzene rings is 1. The highest BCUT2D eigenvalue weighted by Gasteiger charge is 2.33. The molecule has 0 unspecified atom stereocenters. The number of nitrogens with one attached hydrogen (secondary N) is 1. The third-order valence-electron chi connectivity index (χ3n) is 3.21. The Morgan fingerprint density at radius 1 is 1.33 bits per heavy atom. The van der Waals surface area contributed by atoms with Crippen molar-refractivity contribution >= 4 is 52.2 Å². The quantitative estimate of drug-likeness (QED) is 0.591. The number of thioether (sulfide) groups is 1. The van der Waals surface area contributed by atoms with Crippen molar-refractivity contribution in [3.05, 3.63) is 40.3 Å². The van der Waals surface area contributed by atoms with E-state index in [1.54, 1.807) is 6.08 Å². The first-order chi connectivity index (χ1) is 11.4. The Balaban J connectivity index is 1.99. The van der Waals surface area contributed by atoms with E-state index in [0.29, 0.717) is 9.23 Å². The van der Waals surface area contributed by atoms with E-state index in [4.69, 9.17) is 17.3 Å². The van der Waals surface area contributed by atoms with E-state index in [0.717, 1.165) is 22.9 Å². The summed E-state index contributed by atoms with van der Waals surface area (Å²) in [6.07, 6.45) is 1.57. The van der Waals surface area contributed by atoms with Crippen molar-refractivity contribution in [1.29, 1.82) is 0 Å². The Morgan fingerprint density at radius 3 is 2.62 bits per heavy atom. The fourth-order valence-electron chi connectivity index (χ4n) is 1.96. The van der Waals surface area contributed by atoms with E-state index in [9.17, 15) is 14.4 Å². The van der Waals surface area contributed by atoms with E-state index in [-0.39, 0.29) is 25.4 Å². The molecular formula is C16H16N2O4S2. The van der Waals surface area contributed by atoms with Crippen molar-refractivity contribution in [2.24, 2.45) is 0 Å². The first-order valence-electron chi connectivity index (χ1n) is 7.17. The van der Waals surface area contributed by atoms with Crippen LogP contribution < -0.4 is 5.32 Å². The summed E-state index contributed by atoms with van der Waals surface area (Å²) in [7, 11) is 0. The molecule has 0 radical (unpaired) electrons. The van der Waals surface area contributed by atoms with E-state index >= 15 is 0 Å². The zero-order valence-electron chi connectivity index (χ0n) is 12.9. The van der Waals surface area contributed by atoms with E-state index in [1.807, 2.05) is 31.2 Å². The molecule has 1 fully saturated rings. The van der Waals surface area contributed by atoms with Gasteiger partial charge in [-0.05, 0) is 18.6 Å². The highest BCUT2D eigenvalue weighted by atomic mass is 32.2. The number of thiocarbonyl (C=S) groups is 1. The first kappa shape index (κ1) is 18.2. The molecule has 0 atom stereocenters. The molecule has 1 saturated heterocycles. The summed E-state index contributed by atoms with van der Waals surface area (Å²) in [5.74, 6) is -1.76. The number of carbonyl (C=O) groups excluding carboxylic acids is 2. The third-order valence-corrected chi connectivity index (χ3v) is 4.59. The molecule has 8 heteroatoms.